The molecular formula is C35H36N2O2S. The van der Waals surface area contributed by atoms with Gasteiger partial charge >= 0.3 is 0 Å². The van der Waals surface area contributed by atoms with Crippen molar-refractivity contribution in [3.05, 3.63) is 88.9 Å². The number of allylic oxidation sites excluding steroid dienone is 5. The lowest BCUT2D eigenvalue weighted by Crippen LogP contribution is -2.57. The SMILES string of the molecule is C=C/C=C(C#N)\C=C/CN1C(=O)C2=C(C)c3cc(-c4ccccc4)sc3C3(C(C)CC4CC(C)CC3C4)C2C1=O. The van der Waals surface area contributed by atoms with Crippen molar-refractivity contribution in [2.45, 2.75) is 51.9 Å². The molecule has 5 heteroatoms. The molecule has 1 spiro atoms. The van der Waals surface area contributed by atoms with E-state index in [1.54, 1.807) is 24.3 Å². The molecule has 2 saturated carbocycles. The number of carbonyl (C=O) groups is 2. The summed E-state index contributed by atoms with van der Waals surface area (Å²) in [5.41, 5.74) is 4.07. The Morgan fingerprint density at radius 2 is 1.95 bits per heavy atom. The van der Waals surface area contributed by atoms with Gasteiger partial charge in [0, 0.05) is 27.3 Å². The Morgan fingerprint density at radius 3 is 2.67 bits per heavy atom. The van der Waals surface area contributed by atoms with Crippen molar-refractivity contribution >= 4 is 28.7 Å². The number of fused-ring (bicyclic) bond motifs is 7. The summed E-state index contributed by atoms with van der Waals surface area (Å²) in [6.07, 6.45) is 11.2. The molecule has 2 amide bonds. The number of likely N-dealkylation sites (tertiary alicyclic amines) is 1. The van der Waals surface area contributed by atoms with Crippen molar-refractivity contribution in [3.63, 3.8) is 0 Å². The average Bonchev–Trinajstić information content (AvgIpc) is 3.49. The zero-order valence-electron chi connectivity index (χ0n) is 23.5. The zero-order chi connectivity index (χ0) is 28.2. The Kier molecular flexibility index (Phi) is 6.79. The molecule has 4 nitrogen and oxygen atoms in total. The largest absolute Gasteiger partial charge is 0.274 e. The van der Waals surface area contributed by atoms with E-state index in [2.05, 4.69) is 56.8 Å². The van der Waals surface area contributed by atoms with Crippen LogP contribution in [-0.2, 0) is 15.0 Å². The second-order valence-corrected chi connectivity index (χ2v) is 13.3. The number of hydrogen-bond donors (Lipinski definition) is 0. The van der Waals surface area contributed by atoms with Gasteiger partial charge in [-0.25, -0.2) is 0 Å². The van der Waals surface area contributed by atoms with Gasteiger partial charge in [0.2, 0.25) is 5.91 Å². The topological polar surface area (TPSA) is 61.2 Å². The molecule has 2 bridgehead atoms. The van der Waals surface area contributed by atoms with Crippen molar-refractivity contribution in [2.75, 3.05) is 6.54 Å². The molecule has 1 saturated heterocycles. The highest BCUT2D eigenvalue weighted by Crippen LogP contribution is 2.66. The fourth-order valence-electron chi connectivity index (χ4n) is 8.55. The minimum Gasteiger partial charge on any atom is -0.274 e. The van der Waals surface area contributed by atoms with E-state index in [0.29, 0.717) is 34.8 Å². The highest BCUT2D eigenvalue weighted by atomic mass is 32.1. The van der Waals surface area contributed by atoms with Gasteiger partial charge < -0.3 is 0 Å². The van der Waals surface area contributed by atoms with Crippen molar-refractivity contribution in [1.29, 1.82) is 5.26 Å². The molecule has 6 atom stereocenters. The maximum Gasteiger partial charge on any atom is 0.257 e. The fourth-order valence-corrected chi connectivity index (χ4v) is 10.2. The molecule has 1 aromatic heterocycles. The van der Waals surface area contributed by atoms with Gasteiger partial charge in [-0.15, -0.1) is 11.3 Å². The van der Waals surface area contributed by atoms with Gasteiger partial charge in [-0.2, -0.15) is 5.26 Å². The first kappa shape index (κ1) is 26.7. The zero-order valence-corrected chi connectivity index (χ0v) is 24.3. The maximum atomic E-state index is 14.5. The third-order valence-electron chi connectivity index (χ3n) is 9.98. The van der Waals surface area contributed by atoms with Gasteiger partial charge in [0.05, 0.1) is 17.6 Å². The van der Waals surface area contributed by atoms with E-state index in [-0.39, 0.29) is 23.8 Å². The Bertz CT molecular complexity index is 1520. The number of hydrogen-bond acceptors (Lipinski definition) is 4. The number of benzene rings is 1. The van der Waals surface area contributed by atoms with Gasteiger partial charge in [0.15, 0.2) is 0 Å². The van der Waals surface area contributed by atoms with E-state index < -0.39 is 5.92 Å². The Hall–Kier alpha value is -3.49. The molecule has 1 aromatic carbocycles. The molecule has 6 unspecified atom stereocenters. The van der Waals surface area contributed by atoms with Crippen LogP contribution < -0.4 is 0 Å². The van der Waals surface area contributed by atoms with Crippen LogP contribution in [0.4, 0.5) is 0 Å². The van der Waals surface area contributed by atoms with Crippen LogP contribution in [-0.4, -0.2) is 23.3 Å². The molecule has 0 N–H and O–H groups in total. The molecule has 0 radical (unpaired) electrons. The smallest absolute Gasteiger partial charge is 0.257 e. The first-order valence-corrected chi connectivity index (χ1v) is 15.3. The van der Waals surface area contributed by atoms with Crippen LogP contribution in [0.1, 0.15) is 56.9 Å². The molecule has 6 rings (SSSR count). The second kappa shape index (κ2) is 10.2. The Balaban J connectivity index is 1.51. The second-order valence-electron chi connectivity index (χ2n) is 12.3. The van der Waals surface area contributed by atoms with E-state index in [0.717, 1.165) is 30.4 Å². The summed E-state index contributed by atoms with van der Waals surface area (Å²) < 4.78 is 0. The van der Waals surface area contributed by atoms with Gasteiger partial charge in [-0.05, 0) is 91.2 Å². The number of amides is 2. The monoisotopic (exact) mass is 548 g/mol. The minimum absolute atomic E-state index is 0.0703. The van der Waals surface area contributed by atoms with Crippen LogP contribution in [0.25, 0.3) is 16.0 Å². The molecule has 4 aliphatic rings. The number of imide groups is 1. The predicted molar refractivity (Wildman–Crippen MR) is 161 cm³/mol. The van der Waals surface area contributed by atoms with Gasteiger partial charge in [0.1, 0.15) is 0 Å². The lowest BCUT2D eigenvalue weighted by molar-refractivity contribution is -0.141. The van der Waals surface area contributed by atoms with Crippen LogP contribution in [0.5, 0.6) is 0 Å². The Labute approximate surface area is 241 Å². The van der Waals surface area contributed by atoms with E-state index in [9.17, 15) is 14.9 Å². The van der Waals surface area contributed by atoms with Gasteiger partial charge in [0.25, 0.3) is 5.91 Å². The standard InChI is InChI=1S/C35H36N2O2S/c1-5-10-24(20-36)11-9-14-37-33(38)30-23(4)28-19-29(26-12-7-6-8-13-26)40-32(28)35(31(30)34(37)39)22(3)17-25-15-21(2)16-27(35)18-25/h5-13,19,21-22,25,27,31H,1,14-18H2,2-4H3/b11-9-,24-10+. The third kappa shape index (κ3) is 3.91. The summed E-state index contributed by atoms with van der Waals surface area (Å²) in [4.78, 5) is 32.5. The summed E-state index contributed by atoms with van der Waals surface area (Å²) in [6, 6.07) is 14.9. The molecule has 2 aromatic rings. The number of thiophene rings is 1. The van der Waals surface area contributed by atoms with Crippen molar-refractivity contribution in [1.82, 2.24) is 4.90 Å². The van der Waals surface area contributed by atoms with Crippen LogP contribution in [0.2, 0.25) is 0 Å². The van der Waals surface area contributed by atoms with E-state index in [1.165, 1.54) is 26.6 Å². The van der Waals surface area contributed by atoms with Gasteiger partial charge in [-0.3, -0.25) is 14.5 Å². The fraction of sp³-hybridized carbons (Fsp3) is 0.400. The quantitative estimate of drug-likeness (QED) is 0.218. The van der Waals surface area contributed by atoms with Crippen LogP contribution in [0.3, 0.4) is 0 Å². The minimum atomic E-state index is -0.450. The molecule has 204 valence electrons. The van der Waals surface area contributed by atoms with Gasteiger partial charge in [-0.1, -0.05) is 62.9 Å². The summed E-state index contributed by atoms with van der Waals surface area (Å²) >= 11 is 1.85. The van der Waals surface area contributed by atoms with Crippen molar-refractivity contribution < 1.29 is 9.59 Å². The Morgan fingerprint density at radius 1 is 1.18 bits per heavy atom. The molecule has 3 aliphatic carbocycles. The number of carbonyl (C=O) groups excluding carboxylic acids is 2. The summed E-state index contributed by atoms with van der Waals surface area (Å²) in [7, 11) is 0. The number of rotatable bonds is 5. The van der Waals surface area contributed by atoms with Crippen LogP contribution >= 0.6 is 11.3 Å². The molecule has 1 aliphatic heterocycles. The normalized spacial score (nSPS) is 31.5. The third-order valence-corrected chi connectivity index (χ3v) is 11.3. The molecule has 3 fully saturated rings. The predicted octanol–water partition coefficient (Wildman–Crippen LogP) is 7.71. The highest BCUT2D eigenvalue weighted by Gasteiger charge is 2.65. The summed E-state index contributed by atoms with van der Waals surface area (Å²) in [6.45, 7) is 10.6. The van der Waals surface area contributed by atoms with Crippen LogP contribution in [0, 0.1) is 40.9 Å². The lowest BCUT2D eigenvalue weighted by Gasteiger charge is -2.58. The first-order chi connectivity index (χ1) is 19.3. The first-order valence-electron chi connectivity index (χ1n) is 14.5. The summed E-state index contributed by atoms with van der Waals surface area (Å²) in [5, 5.41) is 9.37. The summed E-state index contributed by atoms with van der Waals surface area (Å²) in [5.74, 6) is 1.28. The molecule has 2 heterocycles. The van der Waals surface area contributed by atoms with E-state index >= 15 is 0 Å². The van der Waals surface area contributed by atoms with Crippen LogP contribution in [0.15, 0.2) is 78.4 Å². The molecule has 40 heavy (non-hydrogen) atoms. The number of nitrogens with zero attached hydrogens (tertiary/aromatic N) is 2. The highest BCUT2D eigenvalue weighted by molar-refractivity contribution is 7.16. The van der Waals surface area contributed by atoms with E-state index in [4.69, 9.17) is 0 Å². The van der Waals surface area contributed by atoms with Crippen molar-refractivity contribution in [2.24, 2.45) is 29.6 Å². The molecular weight excluding hydrogens is 512 g/mol. The average molecular weight is 549 g/mol. The number of nitriles is 1. The van der Waals surface area contributed by atoms with E-state index in [1.807, 2.05) is 24.3 Å². The lowest BCUT2D eigenvalue weighted by atomic mass is 9.45. The van der Waals surface area contributed by atoms with Crippen molar-refractivity contribution in [3.8, 4) is 16.5 Å². The maximum absolute atomic E-state index is 14.5.